The van der Waals surface area contributed by atoms with Gasteiger partial charge in [-0.2, -0.15) is 31.6 Å². The number of aromatic amines is 1. The van der Waals surface area contributed by atoms with E-state index in [0.717, 1.165) is 5.52 Å². The topological polar surface area (TPSA) is 97.7 Å². The summed E-state index contributed by atoms with van der Waals surface area (Å²) < 4.78 is 90.0. The monoisotopic (exact) mass is 620 g/mol. The SMILES string of the molecule is CC(C)n1cc(C2=C(c3nn[nH]n3)C(=O)N[C@@](c3ccc(OCCCCCC(F)(F)F)cc3)(C(F)(F)F)C2)c2ccccc21. The molecule has 0 saturated carbocycles. The number of halogens is 6. The highest BCUT2D eigenvalue weighted by molar-refractivity contribution is 6.28. The molecule has 3 heterocycles. The number of amides is 1. The predicted octanol–water partition coefficient (Wildman–Crippen LogP) is 7.13. The fourth-order valence-electron chi connectivity index (χ4n) is 5.54. The largest absolute Gasteiger partial charge is 0.494 e. The number of hydrogen-bond acceptors (Lipinski definition) is 5. The van der Waals surface area contributed by atoms with Gasteiger partial charge in [0.05, 0.1) is 12.2 Å². The van der Waals surface area contributed by atoms with Crippen LogP contribution in [0, 0.1) is 0 Å². The lowest BCUT2D eigenvalue weighted by Crippen LogP contribution is -2.58. The van der Waals surface area contributed by atoms with E-state index in [0.29, 0.717) is 23.8 Å². The Morgan fingerprint density at radius 2 is 1.73 bits per heavy atom. The number of nitrogens with one attached hydrogen (secondary N) is 2. The van der Waals surface area contributed by atoms with Gasteiger partial charge in [-0.1, -0.05) is 30.3 Å². The number of tetrazole rings is 1. The van der Waals surface area contributed by atoms with Crippen molar-refractivity contribution in [2.75, 3.05) is 6.61 Å². The zero-order valence-corrected chi connectivity index (χ0v) is 23.9. The molecule has 0 spiro atoms. The van der Waals surface area contributed by atoms with Gasteiger partial charge in [0.15, 0.2) is 5.54 Å². The molecule has 0 unspecified atom stereocenters. The van der Waals surface area contributed by atoms with E-state index in [1.54, 1.807) is 18.3 Å². The summed E-state index contributed by atoms with van der Waals surface area (Å²) in [7, 11) is 0. The molecule has 0 radical (unpaired) electrons. The molecule has 1 aliphatic rings. The summed E-state index contributed by atoms with van der Waals surface area (Å²) in [5.74, 6) is -0.883. The third kappa shape index (κ3) is 6.15. The van der Waals surface area contributed by atoms with Crippen LogP contribution < -0.4 is 10.1 Å². The Balaban J connectivity index is 1.51. The van der Waals surface area contributed by atoms with Crippen LogP contribution in [0.4, 0.5) is 26.3 Å². The van der Waals surface area contributed by atoms with Gasteiger partial charge >= 0.3 is 12.4 Å². The van der Waals surface area contributed by atoms with E-state index >= 15 is 13.2 Å². The van der Waals surface area contributed by atoms with Crippen LogP contribution >= 0.6 is 0 Å². The second-order valence-electron chi connectivity index (χ2n) is 11.0. The standard InChI is InChI=1S/C30H30F6N6O2/c1-18(2)42-17-23(21-8-4-5-9-24(21)42)22-16-28(30(34,35)36,37-27(43)25(22)26-38-40-41-39-26)19-10-12-20(13-11-19)44-15-7-3-6-14-29(31,32)33/h4-5,8-13,17-18H,3,6-7,14-16H2,1-2H3,(H,37,43)(H,38,39,40,41)/t28-/m0/s1. The highest BCUT2D eigenvalue weighted by Gasteiger charge is 2.60. The molecule has 5 rings (SSSR count). The summed E-state index contributed by atoms with van der Waals surface area (Å²) in [5.41, 5.74) is -1.78. The van der Waals surface area contributed by atoms with Crippen molar-refractivity contribution in [1.82, 2.24) is 30.5 Å². The lowest BCUT2D eigenvalue weighted by molar-refractivity contribution is -0.201. The second kappa shape index (κ2) is 12.0. The fourth-order valence-corrected chi connectivity index (χ4v) is 5.54. The summed E-state index contributed by atoms with van der Waals surface area (Å²) in [6.45, 7) is 4.01. The van der Waals surface area contributed by atoms with Crippen molar-refractivity contribution in [3.8, 4) is 5.75 Å². The molecule has 8 nitrogen and oxygen atoms in total. The maximum absolute atomic E-state index is 15.2. The minimum Gasteiger partial charge on any atom is -0.494 e. The van der Waals surface area contributed by atoms with Crippen molar-refractivity contribution in [2.24, 2.45) is 0 Å². The van der Waals surface area contributed by atoms with Crippen molar-refractivity contribution >= 4 is 28.0 Å². The normalized spacial score (nSPS) is 17.9. The maximum atomic E-state index is 15.2. The Morgan fingerprint density at radius 1 is 1.00 bits per heavy atom. The lowest BCUT2D eigenvalue weighted by atomic mass is 9.76. The molecule has 2 aromatic heterocycles. The summed E-state index contributed by atoms with van der Waals surface area (Å²) in [5, 5.41) is 16.5. The number of aromatic nitrogens is 5. The van der Waals surface area contributed by atoms with Crippen molar-refractivity contribution in [3.63, 3.8) is 0 Å². The molecule has 14 heteroatoms. The molecule has 0 saturated heterocycles. The molecule has 4 aromatic rings. The average molecular weight is 621 g/mol. The third-order valence-electron chi connectivity index (χ3n) is 7.69. The van der Waals surface area contributed by atoms with Gasteiger partial charge in [0.1, 0.15) is 5.75 Å². The molecule has 0 fully saturated rings. The predicted molar refractivity (Wildman–Crippen MR) is 150 cm³/mol. The molecular weight excluding hydrogens is 590 g/mol. The van der Waals surface area contributed by atoms with E-state index in [9.17, 15) is 18.0 Å². The molecule has 1 aliphatic heterocycles. The number of ether oxygens (including phenoxy) is 1. The first-order chi connectivity index (χ1) is 20.8. The van der Waals surface area contributed by atoms with Crippen LogP contribution in [-0.2, 0) is 10.3 Å². The maximum Gasteiger partial charge on any atom is 0.416 e. The van der Waals surface area contributed by atoms with Gasteiger partial charge in [-0.05, 0) is 67.7 Å². The van der Waals surface area contributed by atoms with E-state index in [4.69, 9.17) is 4.74 Å². The van der Waals surface area contributed by atoms with Crippen LogP contribution in [0.3, 0.4) is 0 Å². The smallest absolute Gasteiger partial charge is 0.416 e. The van der Waals surface area contributed by atoms with Crippen LogP contribution in [0.1, 0.15) is 68.9 Å². The molecule has 0 bridgehead atoms. The Hall–Kier alpha value is -4.36. The minimum absolute atomic E-state index is 0.0233. The minimum atomic E-state index is -4.92. The number of fused-ring (bicyclic) bond motifs is 1. The Morgan fingerprint density at radius 3 is 2.36 bits per heavy atom. The van der Waals surface area contributed by atoms with E-state index in [2.05, 4.69) is 25.9 Å². The quantitative estimate of drug-likeness (QED) is 0.145. The van der Waals surface area contributed by atoms with Gasteiger partial charge in [-0.25, -0.2) is 0 Å². The van der Waals surface area contributed by atoms with Crippen LogP contribution in [-0.4, -0.2) is 50.1 Å². The zero-order chi connectivity index (χ0) is 31.7. The average Bonchev–Trinajstić information content (AvgIpc) is 3.62. The number of carbonyl (C=O) groups is 1. The van der Waals surface area contributed by atoms with Gasteiger partial charge in [0.25, 0.3) is 5.91 Å². The third-order valence-corrected chi connectivity index (χ3v) is 7.69. The number of para-hydroxylation sites is 1. The Labute approximate surface area is 248 Å². The Bertz CT molecular complexity index is 1640. The number of H-pyrrole nitrogens is 1. The molecule has 234 valence electrons. The molecular formula is C30H30F6N6O2. The molecule has 1 amide bonds. The first-order valence-corrected chi connectivity index (χ1v) is 14.1. The summed E-state index contributed by atoms with van der Waals surface area (Å²) in [6, 6.07) is 12.4. The van der Waals surface area contributed by atoms with E-state index in [1.165, 1.54) is 24.3 Å². The van der Waals surface area contributed by atoms with E-state index < -0.39 is 36.6 Å². The number of carbonyl (C=O) groups excluding carboxylic acids is 1. The van der Waals surface area contributed by atoms with Gasteiger partial charge in [-0.3, -0.25) is 4.79 Å². The first kappa shape index (κ1) is 31.1. The fraction of sp³-hybridized carbons (Fsp3) is 0.400. The van der Waals surface area contributed by atoms with Gasteiger partial charge in [0, 0.05) is 41.5 Å². The summed E-state index contributed by atoms with van der Waals surface area (Å²) >= 11 is 0. The highest BCUT2D eigenvalue weighted by Crippen LogP contribution is 2.50. The number of unbranched alkanes of at least 4 members (excludes halogenated alkanes) is 2. The van der Waals surface area contributed by atoms with Crippen molar-refractivity contribution in [1.29, 1.82) is 0 Å². The lowest BCUT2D eigenvalue weighted by Gasteiger charge is -2.41. The van der Waals surface area contributed by atoms with Gasteiger partial charge in [-0.15, -0.1) is 10.2 Å². The van der Waals surface area contributed by atoms with Crippen LogP contribution in [0.2, 0.25) is 0 Å². The van der Waals surface area contributed by atoms with Gasteiger partial charge in [0.2, 0.25) is 5.82 Å². The number of rotatable bonds is 10. The number of hydrogen-bond donors (Lipinski definition) is 2. The summed E-state index contributed by atoms with van der Waals surface area (Å²) in [6.07, 6.45) is -8.30. The summed E-state index contributed by atoms with van der Waals surface area (Å²) in [4.78, 5) is 13.7. The van der Waals surface area contributed by atoms with E-state index in [1.807, 2.05) is 30.5 Å². The van der Waals surface area contributed by atoms with E-state index in [-0.39, 0.29) is 47.4 Å². The molecule has 2 N–H and O–H groups in total. The highest BCUT2D eigenvalue weighted by atomic mass is 19.4. The number of nitrogens with zero attached hydrogens (tertiary/aromatic N) is 4. The van der Waals surface area contributed by atoms with Crippen molar-refractivity contribution < 1.29 is 35.9 Å². The second-order valence-corrected chi connectivity index (χ2v) is 11.0. The molecule has 1 atom stereocenters. The molecule has 2 aromatic carbocycles. The van der Waals surface area contributed by atoms with Crippen LogP contribution in [0.5, 0.6) is 5.75 Å². The van der Waals surface area contributed by atoms with Gasteiger partial charge < -0.3 is 14.6 Å². The first-order valence-electron chi connectivity index (χ1n) is 14.1. The van der Waals surface area contributed by atoms with Crippen molar-refractivity contribution in [3.05, 3.63) is 71.7 Å². The van der Waals surface area contributed by atoms with Crippen molar-refractivity contribution in [2.45, 2.75) is 69.9 Å². The molecule has 44 heavy (non-hydrogen) atoms. The zero-order valence-electron chi connectivity index (χ0n) is 23.9. The Kier molecular flexibility index (Phi) is 8.45. The van der Waals surface area contributed by atoms with Crippen LogP contribution in [0.25, 0.3) is 22.0 Å². The molecule has 0 aliphatic carbocycles. The van der Waals surface area contributed by atoms with Crippen LogP contribution in [0.15, 0.2) is 54.7 Å². The number of alkyl halides is 6. The number of benzene rings is 2.